The predicted molar refractivity (Wildman–Crippen MR) is 84.3 cm³/mol. The molecule has 2 aliphatic heterocycles. The second kappa shape index (κ2) is 10.4. The fraction of sp³-hybridized carbons (Fsp3) is 0.929. The molecule has 0 aromatic heterocycles. The Morgan fingerprint density at radius 1 is 1.29 bits per heavy atom. The van der Waals surface area contributed by atoms with E-state index in [9.17, 15) is 18.0 Å². The van der Waals surface area contributed by atoms with Gasteiger partial charge in [-0.15, -0.1) is 12.4 Å². The average molecular weight is 376 g/mol. The molecule has 2 aliphatic rings. The van der Waals surface area contributed by atoms with E-state index in [1.165, 1.54) is 4.90 Å². The summed E-state index contributed by atoms with van der Waals surface area (Å²) in [6, 6.07) is -1.66. The fourth-order valence-corrected chi connectivity index (χ4v) is 2.74. The molecule has 142 valence electrons. The van der Waals surface area contributed by atoms with Crippen molar-refractivity contribution in [2.75, 3.05) is 52.5 Å². The highest BCUT2D eigenvalue weighted by atomic mass is 35.5. The van der Waals surface area contributed by atoms with E-state index in [2.05, 4.69) is 10.6 Å². The zero-order valence-electron chi connectivity index (χ0n) is 13.4. The second-order valence-electron chi connectivity index (χ2n) is 5.77. The first-order chi connectivity index (χ1) is 11.0. The van der Waals surface area contributed by atoms with Gasteiger partial charge < -0.3 is 20.1 Å². The highest BCUT2D eigenvalue weighted by Crippen LogP contribution is 2.24. The Hall–Kier alpha value is -0.610. The molecule has 10 heteroatoms. The summed E-state index contributed by atoms with van der Waals surface area (Å²) in [5, 5.41) is 5.36. The number of hydrogen-bond acceptors (Lipinski definition) is 5. The van der Waals surface area contributed by atoms with Gasteiger partial charge in [0.1, 0.15) is 12.6 Å². The van der Waals surface area contributed by atoms with Crippen LogP contribution in [0.3, 0.4) is 0 Å². The van der Waals surface area contributed by atoms with Crippen LogP contribution < -0.4 is 10.6 Å². The number of carbonyl (C=O) groups is 1. The molecule has 0 aromatic rings. The van der Waals surface area contributed by atoms with Crippen LogP contribution in [0.15, 0.2) is 0 Å². The van der Waals surface area contributed by atoms with Crippen molar-refractivity contribution in [3.05, 3.63) is 0 Å². The maximum atomic E-state index is 13.2. The third kappa shape index (κ3) is 7.10. The first-order valence-electron chi connectivity index (χ1n) is 7.94. The average Bonchev–Trinajstić information content (AvgIpc) is 2.54. The van der Waals surface area contributed by atoms with E-state index in [-0.39, 0.29) is 25.1 Å². The molecule has 2 saturated heterocycles. The number of rotatable bonds is 6. The van der Waals surface area contributed by atoms with Crippen LogP contribution in [-0.4, -0.2) is 81.7 Å². The van der Waals surface area contributed by atoms with Gasteiger partial charge in [-0.3, -0.25) is 9.69 Å². The van der Waals surface area contributed by atoms with E-state index in [4.69, 9.17) is 9.47 Å². The Kier molecular flexibility index (Phi) is 9.28. The maximum Gasteiger partial charge on any atom is 0.405 e. The molecule has 2 heterocycles. The summed E-state index contributed by atoms with van der Waals surface area (Å²) in [4.78, 5) is 13.1. The van der Waals surface area contributed by atoms with Gasteiger partial charge in [0.25, 0.3) is 0 Å². The molecule has 1 amide bonds. The van der Waals surface area contributed by atoms with Crippen molar-refractivity contribution in [3.63, 3.8) is 0 Å². The highest BCUT2D eigenvalue weighted by Gasteiger charge is 2.43. The SMILES string of the molecule is Cl.O=C(COC1CCOCC1)NCC(N1CCNCC1)C(F)(F)F. The summed E-state index contributed by atoms with van der Waals surface area (Å²) >= 11 is 0. The second-order valence-corrected chi connectivity index (χ2v) is 5.77. The zero-order chi connectivity index (χ0) is 16.7. The zero-order valence-corrected chi connectivity index (χ0v) is 14.3. The van der Waals surface area contributed by atoms with Crippen LogP contribution in [0.1, 0.15) is 12.8 Å². The van der Waals surface area contributed by atoms with E-state index in [0.29, 0.717) is 52.2 Å². The summed E-state index contributed by atoms with van der Waals surface area (Å²) in [5.74, 6) is -0.513. The third-order valence-electron chi connectivity index (χ3n) is 4.08. The van der Waals surface area contributed by atoms with Crippen molar-refractivity contribution in [2.24, 2.45) is 0 Å². The van der Waals surface area contributed by atoms with Gasteiger partial charge in [0.2, 0.25) is 5.91 Å². The summed E-state index contributed by atoms with van der Waals surface area (Å²) < 4.78 is 50.1. The van der Waals surface area contributed by atoms with Crippen molar-refractivity contribution in [2.45, 2.75) is 31.2 Å². The number of halogens is 4. The normalized spacial score (nSPS) is 21.8. The standard InChI is InChI=1S/C14H24F3N3O3.ClH/c15-14(16,17)12(20-5-3-18-4-6-20)9-19-13(21)10-23-11-1-7-22-8-2-11;/h11-12,18H,1-10H2,(H,19,21);1H. The van der Waals surface area contributed by atoms with Crippen molar-refractivity contribution in [1.82, 2.24) is 15.5 Å². The molecule has 0 saturated carbocycles. The fourth-order valence-electron chi connectivity index (χ4n) is 2.74. The molecular formula is C14H25ClF3N3O3. The number of alkyl halides is 3. The van der Waals surface area contributed by atoms with Crippen molar-refractivity contribution < 1.29 is 27.4 Å². The Bertz CT molecular complexity index is 376. The summed E-state index contributed by atoms with van der Waals surface area (Å²) in [6.45, 7) is 2.20. The minimum Gasteiger partial charge on any atom is -0.381 e. The molecular weight excluding hydrogens is 351 g/mol. The van der Waals surface area contributed by atoms with Crippen molar-refractivity contribution in [1.29, 1.82) is 0 Å². The van der Waals surface area contributed by atoms with Gasteiger partial charge >= 0.3 is 6.18 Å². The number of amides is 1. The molecule has 6 nitrogen and oxygen atoms in total. The Morgan fingerprint density at radius 2 is 1.92 bits per heavy atom. The molecule has 2 rings (SSSR count). The minimum absolute atomic E-state index is 0. The number of ether oxygens (including phenoxy) is 2. The molecule has 0 bridgehead atoms. The lowest BCUT2D eigenvalue weighted by Crippen LogP contribution is -2.57. The molecule has 24 heavy (non-hydrogen) atoms. The first kappa shape index (κ1) is 21.4. The predicted octanol–water partition coefficient (Wildman–Crippen LogP) is 0.556. The molecule has 1 atom stereocenters. The van der Waals surface area contributed by atoms with Crippen LogP contribution in [0.25, 0.3) is 0 Å². The summed E-state index contributed by atoms with van der Waals surface area (Å²) in [7, 11) is 0. The summed E-state index contributed by atoms with van der Waals surface area (Å²) in [6.07, 6.45) is -3.01. The lowest BCUT2D eigenvalue weighted by Gasteiger charge is -2.36. The lowest BCUT2D eigenvalue weighted by molar-refractivity contribution is -0.184. The van der Waals surface area contributed by atoms with Crippen LogP contribution in [0.4, 0.5) is 13.2 Å². The van der Waals surface area contributed by atoms with Crippen molar-refractivity contribution >= 4 is 18.3 Å². The van der Waals surface area contributed by atoms with Crippen LogP contribution in [0.2, 0.25) is 0 Å². The molecule has 0 spiro atoms. The van der Waals surface area contributed by atoms with Gasteiger partial charge in [-0.25, -0.2) is 0 Å². The number of nitrogens with zero attached hydrogens (tertiary/aromatic N) is 1. The largest absolute Gasteiger partial charge is 0.405 e. The highest BCUT2D eigenvalue weighted by molar-refractivity contribution is 5.85. The van der Waals surface area contributed by atoms with Gasteiger partial charge in [0.15, 0.2) is 0 Å². The van der Waals surface area contributed by atoms with E-state index in [1.807, 2.05) is 0 Å². The van der Waals surface area contributed by atoms with Crippen LogP contribution in [0, 0.1) is 0 Å². The first-order valence-corrected chi connectivity index (χ1v) is 7.94. The number of nitrogens with one attached hydrogen (secondary N) is 2. The topological polar surface area (TPSA) is 62.8 Å². The molecule has 1 unspecified atom stereocenters. The number of hydrogen-bond donors (Lipinski definition) is 2. The van der Waals surface area contributed by atoms with E-state index >= 15 is 0 Å². The van der Waals surface area contributed by atoms with E-state index in [1.54, 1.807) is 0 Å². The number of carbonyl (C=O) groups excluding carboxylic acids is 1. The van der Waals surface area contributed by atoms with E-state index < -0.39 is 24.7 Å². The van der Waals surface area contributed by atoms with Gasteiger partial charge in [-0.05, 0) is 12.8 Å². The Balaban J connectivity index is 0.00000288. The quantitative estimate of drug-likeness (QED) is 0.710. The third-order valence-corrected chi connectivity index (χ3v) is 4.08. The van der Waals surface area contributed by atoms with Gasteiger partial charge in [0.05, 0.1) is 6.10 Å². The van der Waals surface area contributed by atoms with Crippen LogP contribution in [0.5, 0.6) is 0 Å². The smallest absolute Gasteiger partial charge is 0.381 e. The lowest BCUT2D eigenvalue weighted by atomic mass is 10.1. The Labute approximate surface area is 145 Å². The van der Waals surface area contributed by atoms with Crippen molar-refractivity contribution in [3.8, 4) is 0 Å². The summed E-state index contributed by atoms with van der Waals surface area (Å²) in [5.41, 5.74) is 0. The van der Waals surface area contributed by atoms with Crippen LogP contribution in [-0.2, 0) is 14.3 Å². The van der Waals surface area contributed by atoms with Crippen LogP contribution >= 0.6 is 12.4 Å². The Morgan fingerprint density at radius 3 is 2.50 bits per heavy atom. The maximum absolute atomic E-state index is 13.2. The number of piperazine rings is 1. The molecule has 2 fully saturated rings. The minimum atomic E-state index is -4.37. The molecule has 0 aliphatic carbocycles. The monoisotopic (exact) mass is 375 g/mol. The molecule has 0 radical (unpaired) electrons. The van der Waals surface area contributed by atoms with Gasteiger partial charge in [-0.2, -0.15) is 13.2 Å². The van der Waals surface area contributed by atoms with Gasteiger partial charge in [0, 0.05) is 45.9 Å². The molecule has 2 N–H and O–H groups in total. The van der Waals surface area contributed by atoms with Gasteiger partial charge in [-0.1, -0.05) is 0 Å². The van der Waals surface area contributed by atoms with E-state index in [0.717, 1.165) is 0 Å². The molecule has 0 aromatic carbocycles.